The van der Waals surface area contributed by atoms with Gasteiger partial charge in [-0.1, -0.05) is 55.4 Å². The van der Waals surface area contributed by atoms with Crippen LogP contribution in [0.2, 0.25) is 0 Å². The molecular weight excluding hydrogens is 330 g/mol. The van der Waals surface area contributed by atoms with Crippen LogP contribution in [-0.2, 0) is 4.79 Å². The van der Waals surface area contributed by atoms with Crippen molar-refractivity contribution in [2.75, 3.05) is 19.1 Å². The number of carbonyl (C=O) groups excluding carboxylic acids is 1. The third-order valence-electron chi connectivity index (χ3n) is 4.85. The van der Waals surface area contributed by atoms with Gasteiger partial charge in [0.15, 0.2) is 0 Å². The van der Waals surface area contributed by atoms with Crippen molar-refractivity contribution in [3.63, 3.8) is 0 Å². The molecule has 1 aromatic carbocycles. The predicted octanol–water partition coefficient (Wildman–Crippen LogP) is 4.06. The number of amides is 1. The third-order valence-corrected chi connectivity index (χ3v) is 6.06. The Hall–Kier alpha value is -1.77. The standard InChI is InChI=1S/C20H25N3OS/c1-14(2)8-9-22-12-23-19(24)10-17(16-6-4-15(3)5-7-16)18(11-21)20(23)25-13-22/h4-7,14,17H,8-10,12-13H2,1-3H3. The first-order valence-electron chi connectivity index (χ1n) is 8.86. The van der Waals surface area contributed by atoms with Gasteiger partial charge >= 0.3 is 0 Å². The fourth-order valence-corrected chi connectivity index (χ4v) is 4.45. The van der Waals surface area contributed by atoms with E-state index in [1.54, 1.807) is 11.8 Å². The van der Waals surface area contributed by atoms with Crippen molar-refractivity contribution in [1.29, 1.82) is 5.26 Å². The van der Waals surface area contributed by atoms with Gasteiger partial charge < -0.3 is 0 Å². The van der Waals surface area contributed by atoms with Gasteiger partial charge in [-0.3, -0.25) is 14.6 Å². The van der Waals surface area contributed by atoms with E-state index in [1.807, 2.05) is 36.1 Å². The minimum Gasteiger partial charge on any atom is -0.292 e. The zero-order valence-corrected chi connectivity index (χ0v) is 16.0. The van der Waals surface area contributed by atoms with Crippen molar-refractivity contribution in [3.8, 4) is 6.07 Å². The van der Waals surface area contributed by atoms with Gasteiger partial charge in [0.2, 0.25) is 5.91 Å². The predicted molar refractivity (Wildman–Crippen MR) is 102 cm³/mol. The number of allylic oxidation sites excluding steroid dienone is 1. The summed E-state index contributed by atoms with van der Waals surface area (Å²) < 4.78 is 0. The molecule has 1 saturated heterocycles. The molecule has 1 fully saturated rings. The summed E-state index contributed by atoms with van der Waals surface area (Å²) in [5.41, 5.74) is 2.99. The number of nitriles is 1. The van der Waals surface area contributed by atoms with Crippen LogP contribution in [0.5, 0.6) is 0 Å². The number of nitrogens with zero attached hydrogens (tertiary/aromatic N) is 3. The molecule has 4 nitrogen and oxygen atoms in total. The van der Waals surface area contributed by atoms with Gasteiger partial charge in [0.1, 0.15) is 0 Å². The van der Waals surface area contributed by atoms with Gasteiger partial charge in [-0.25, -0.2) is 0 Å². The molecule has 5 heteroatoms. The highest BCUT2D eigenvalue weighted by Gasteiger charge is 2.38. The maximum atomic E-state index is 12.8. The van der Waals surface area contributed by atoms with Crippen LogP contribution in [0.1, 0.15) is 43.7 Å². The van der Waals surface area contributed by atoms with Crippen LogP contribution >= 0.6 is 11.8 Å². The number of fused-ring (bicyclic) bond motifs is 1. The Labute approximate surface area is 154 Å². The van der Waals surface area contributed by atoms with Crippen molar-refractivity contribution >= 4 is 17.7 Å². The fourth-order valence-electron chi connectivity index (χ4n) is 3.27. The van der Waals surface area contributed by atoms with E-state index in [2.05, 4.69) is 24.8 Å². The first-order valence-corrected chi connectivity index (χ1v) is 9.84. The highest BCUT2D eigenvalue weighted by atomic mass is 32.2. The van der Waals surface area contributed by atoms with Gasteiger partial charge in [-0.2, -0.15) is 5.26 Å². The smallest absolute Gasteiger partial charge is 0.229 e. The molecule has 0 aliphatic carbocycles. The Morgan fingerprint density at radius 2 is 2.04 bits per heavy atom. The fraction of sp³-hybridized carbons (Fsp3) is 0.500. The number of hydrogen-bond donors (Lipinski definition) is 0. The van der Waals surface area contributed by atoms with Gasteiger partial charge in [0.25, 0.3) is 0 Å². The third kappa shape index (κ3) is 3.91. The molecule has 0 radical (unpaired) electrons. The molecule has 1 aromatic rings. The minimum atomic E-state index is -0.112. The second kappa shape index (κ2) is 7.63. The highest BCUT2D eigenvalue weighted by molar-refractivity contribution is 8.03. The number of carbonyl (C=O) groups is 1. The lowest BCUT2D eigenvalue weighted by Crippen LogP contribution is -2.47. The van der Waals surface area contributed by atoms with Gasteiger partial charge in [0.05, 0.1) is 29.2 Å². The molecule has 1 atom stereocenters. The first kappa shape index (κ1) is 18.0. The van der Waals surface area contributed by atoms with Crippen molar-refractivity contribution in [1.82, 2.24) is 9.80 Å². The lowest BCUT2D eigenvalue weighted by molar-refractivity contribution is -0.131. The average Bonchev–Trinajstić information content (AvgIpc) is 2.60. The summed E-state index contributed by atoms with van der Waals surface area (Å²) in [4.78, 5) is 16.9. The molecule has 1 unspecified atom stereocenters. The van der Waals surface area contributed by atoms with Crippen molar-refractivity contribution in [2.45, 2.75) is 39.5 Å². The maximum Gasteiger partial charge on any atom is 0.229 e. The van der Waals surface area contributed by atoms with Crippen LogP contribution in [0.3, 0.4) is 0 Å². The topological polar surface area (TPSA) is 47.3 Å². The summed E-state index contributed by atoms with van der Waals surface area (Å²) in [6.07, 6.45) is 1.51. The van der Waals surface area contributed by atoms with Crippen molar-refractivity contribution in [3.05, 3.63) is 46.0 Å². The Bertz CT molecular complexity index is 717. The van der Waals surface area contributed by atoms with E-state index in [4.69, 9.17) is 0 Å². The minimum absolute atomic E-state index is 0.112. The summed E-state index contributed by atoms with van der Waals surface area (Å²) >= 11 is 1.63. The van der Waals surface area contributed by atoms with Crippen molar-refractivity contribution in [2.24, 2.45) is 5.92 Å². The van der Waals surface area contributed by atoms with Crippen molar-refractivity contribution < 1.29 is 4.79 Å². The molecule has 25 heavy (non-hydrogen) atoms. The van der Waals surface area contributed by atoms with E-state index in [9.17, 15) is 10.1 Å². The molecule has 2 aliphatic heterocycles. The molecule has 0 N–H and O–H groups in total. The largest absolute Gasteiger partial charge is 0.292 e. The summed E-state index contributed by atoms with van der Waals surface area (Å²) in [7, 11) is 0. The Kier molecular flexibility index (Phi) is 5.51. The van der Waals surface area contributed by atoms with E-state index < -0.39 is 0 Å². The lowest BCUT2D eigenvalue weighted by atomic mass is 9.86. The normalized spacial score (nSPS) is 21.5. The number of rotatable bonds is 4. The highest BCUT2D eigenvalue weighted by Crippen LogP contribution is 2.42. The Balaban J connectivity index is 1.84. The molecule has 0 saturated carbocycles. The lowest BCUT2D eigenvalue weighted by Gasteiger charge is -2.41. The molecule has 132 valence electrons. The Morgan fingerprint density at radius 1 is 1.32 bits per heavy atom. The molecule has 0 spiro atoms. The number of hydrogen-bond acceptors (Lipinski definition) is 4. The van der Waals surface area contributed by atoms with Crippen LogP contribution in [0.25, 0.3) is 0 Å². The molecule has 1 amide bonds. The Morgan fingerprint density at radius 3 is 2.68 bits per heavy atom. The van der Waals surface area contributed by atoms with E-state index in [0.29, 0.717) is 19.0 Å². The molecule has 0 aromatic heterocycles. The summed E-state index contributed by atoms with van der Waals surface area (Å²) in [6, 6.07) is 10.6. The van der Waals surface area contributed by atoms with Gasteiger partial charge in [-0.05, 0) is 24.8 Å². The number of thioether (sulfide) groups is 1. The number of benzene rings is 1. The van der Waals surface area contributed by atoms with E-state index in [-0.39, 0.29) is 11.8 Å². The maximum absolute atomic E-state index is 12.8. The SMILES string of the molecule is Cc1ccc(C2CC(=O)N3CN(CCC(C)C)CSC3=C2C#N)cc1. The van der Waals surface area contributed by atoms with E-state index in [0.717, 1.165) is 35.0 Å². The van der Waals surface area contributed by atoms with Crippen LogP contribution in [0.4, 0.5) is 0 Å². The van der Waals surface area contributed by atoms with E-state index in [1.165, 1.54) is 5.56 Å². The molecule has 3 rings (SSSR count). The van der Waals surface area contributed by atoms with Crippen LogP contribution < -0.4 is 0 Å². The second-order valence-corrected chi connectivity index (χ2v) is 8.25. The van der Waals surface area contributed by atoms with Gasteiger partial charge in [0, 0.05) is 18.9 Å². The molecule has 2 aliphatic rings. The van der Waals surface area contributed by atoms with Crippen LogP contribution in [-0.4, -0.2) is 34.8 Å². The van der Waals surface area contributed by atoms with Crippen LogP contribution in [0.15, 0.2) is 34.9 Å². The van der Waals surface area contributed by atoms with E-state index >= 15 is 0 Å². The van der Waals surface area contributed by atoms with Crippen LogP contribution in [0, 0.1) is 24.2 Å². The molecule has 0 bridgehead atoms. The average molecular weight is 356 g/mol. The zero-order valence-electron chi connectivity index (χ0n) is 15.2. The molecule has 2 heterocycles. The van der Waals surface area contributed by atoms with Gasteiger partial charge in [-0.15, -0.1) is 0 Å². The summed E-state index contributed by atoms with van der Waals surface area (Å²) in [5.74, 6) is 1.51. The monoisotopic (exact) mass is 355 g/mol. The quantitative estimate of drug-likeness (QED) is 0.817. The zero-order chi connectivity index (χ0) is 18.0. The molecular formula is C20H25N3OS. The summed E-state index contributed by atoms with van der Waals surface area (Å²) in [6.45, 7) is 8.08. The summed E-state index contributed by atoms with van der Waals surface area (Å²) in [5, 5.41) is 10.6. The number of aryl methyl sites for hydroxylation is 1. The second-order valence-electron chi connectivity index (χ2n) is 7.31. The first-order chi connectivity index (χ1) is 12.0.